The van der Waals surface area contributed by atoms with E-state index >= 15 is 0 Å². The molecular formula is C13H20. The van der Waals surface area contributed by atoms with Crippen molar-refractivity contribution in [2.75, 3.05) is 0 Å². The minimum absolute atomic E-state index is 1.16. The van der Waals surface area contributed by atoms with E-state index in [4.69, 9.17) is 0 Å². The lowest BCUT2D eigenvalue weighted by molar-refractivity contribution is 0.905. The van der Waals surface area contributed by atoms with E-state index in [-0.39, 0.29) is 0 Å². The number of rotatable bonds is 3. The molecule has 0 aliphatic rings. The van der Waals surface area contributed by atoms with E-state index in [2.05, 4.69) is 39.8 Å². The molecule has 13 heavy (non-hydrogen) atoms. The molecule has 0 aliphatic carbocycles. The van der Waals surface area contributed by atoms with Crippen LogP contribution in [-0.4, -0.2) is 0 Å². The first-order valence-electron chi connectivity index (χ1n) is 5.28. The molecule has 0 bridgehead atoms. The Morgan fingerprint density at radius 1 is 0.923 bits per heavy atom. The van der Waals surface area contributed by atoms with Crippen molar-refractivity contribution in [1.29, 1.82) is 0 Å². The Labute approximate surface area is 82.0 Å². The van der Waals surface area contributed by atoms with E-state index in [0.717, 1.165) is 6.42 Å². The molecule has 0 atom stereocenters. The van der Waals surface area contributed by atoms with Crippen molar-refractivity contribution in [3.63, 3.8) is 0 Å². The minimum Gasteiger partial charge on any atom is -0.0651 e. The summed E-state index contributed by atoms with van der Waals surface area (Å²) >= 11 is 0. The predicted molar refractivity (Wildman–Crippen MR) is 59.3 cm³/mol. The molecule has 0 heterocycles. The summed E-state index contributed by atoms with van der Waals surface area (Å²) in [7, 11) is 0. The van der Waals surface area contributed by atoms with Gasteiger partial charge in [-0.05, 0) is 48.9 Å². The van der Waals surface area contributed by atoms with Crippen molar-refractivity contribution in [3.05, 3.63) is 34.4 Å². The molecule has 72 valence electrons. The van der Waals surface area contributed by atoms with Gasteiger partial charge >= 0.3 is 0 Å². The van der Waals surface area contributed by atoms with Crippen LogP contribution in [0.3, 0.4) is 0 Å². The lowest BCUT2D eigenvalue weighted by Gasteiger charge is -2.10. The second-order valence-electron chi connectivity index (χ2n) is 3.81. The lowest BCUT2D eigenvalue weighted by Crippen LogP contribution is -1.94. The SMILES string of the molecule is CCCc1cc(CC)c(C)cc1C. The molecule has 0 fully saturated rings. The van der Waals surface area contributed by atoms with Gasteiger partial charge in [0.25, 0.3) is 0 Å². The van der Waals surface area contributed by atoms with E-state index in [1.807, 2.05) is 0 Å². The average molecular weight is 176 g/mol. The first kappa shape index (κ1) is 10.3. The molecule has 1 aromatic rings. The Hall–Kier alpha value is -0.780. The highest BCUT2D eigenvalue weighted by Gasteiger charge is 2.01. The molecule has 1 rings (SSSR count). The van der Waals surface area contributed by atoms with Gasteiger partial charge in [0.15, 0.2) is 0 Å². The summed E-state index contributed by atoms with van der Waals surface area (Å²) < 4.78 is 0. The van der Waals surface area contributed by atoms with Crippen LogP contribution in [0.1, 0.15) is 42.5 Å². The maximum atomic E-state index is 2.38. The standard InChI is InChI=1S/C13H20/c1-5-7-13-9-12(6-2)10(3)8-11(13)4/h8-9H,5-7H2,1-4H3. The lowest BCUT2D eigenvalue weighted by atomic mass is 9.96. The molecule has 0 aromatic heterocycles. The summed E-state index contributed by atoms with van der Waals surface area (Å²) in [4.78, 5) is 0. The maximum Gasteiger partial charge on any atom is -0.0279 e. The summed E-state index contributed by atoms with van der Waals surface area (Å²) in [6.45, 7) is 8.90. The topological polar surface area (TPSA) is 0 Å². The molecule has 0 saturated carbocycles. The highest BCUT2D eigenvalue weighted by atomic mass is 14.1. The average Bonchev–Trinajstić information content (AvgIpc) is 2.10. The van der Waals surface area contributed by atoms with Crippen LogP contribution in [-0.2, 0) is 12.8 Å². The van der Waals surface area contributed by atoms with Crippen molar-refractivity contribution in [2.45, 2.75) is 47.0 Å². The van der Waals surface area contributed by atoms with Gasteiger partial charge in [0, 0.05) is 0 Å². The normalized spacial score (nSPS) is 10.5. The van der Waals surface area contributed by atoms with E-state index in [9.17, 15) is 0 Å². The molecule has 1 aromatic carbocycles. The fourth-order valence-corrected chi connectivity index (χ4v) is 1.87. The van der Waals surface area contributed by atoms with Crippen LogP contribution in [0.25, 0.3) is 0 Å². The van der Waals surface area contributed by atoms with Gasteiger partial charge < -0.3 is 0 Å². The zero-order valence-electron chi connectivity index (χ0n) is 9.28. The number of hydrogen-bond donors (Lipinski definition) is 0. The molecule has 0 amide bonds. The molecule has 0 N–H and O–H groups in total. The number of hydrogen-bond acceptors (Lipinski definition) is 0. The van der Waals surface area contributed by atoms with Gasteiger partial charge in [-0.2, -0.15) is 0 Å². The van der Waals surface area contributed by atoms with E-state index in [1.54, 1.807) is 0 Å². The molecule has 0 nitrogen and oxygen atoms in total. The zero-order chi connectivity index (χ0) is 9.84. The van der Waals surface area contributed by atoms with Crippen LogP contribution in [0.2, 0.25) is 0 Å². The Kier molecular flexibility index (Phi) is 3.53. The van der Waals surface area contributed by atoms with E-state index < -0.39 is 0 Å². The van der Waals surface area contributed by atoms with Gasteiger partial charge in [-0.3, -0.25) is 0 Å². The third kappa shape index (κ3) is 2.33. The molecule has 0 unspecified atom stereocenters. The zero-order valence-corrected chi connectivity index (χ0v) is 9.28. The van der Waals surface area contributed by atoms with Crippen LogP contribution in [0.5, 0.6) is 0 Å². The van der Waals surface area contributed by atoms with Crippen molar-refractivity contribution in [2.24, 2.45) is 0 Å². The summed E-state index contributed by atoms with van der Waals surface area (Å²) in [6, 6.07) is 4.71. The van der Waals surface area contributed by atoms with Crippen LogP contribution < -0.4 is 0 Å². The Morgan fingerprint density at radius 2 is 1.54 bits per heavy atom. The van der Waals surface area contributed by atoms with Gasteiger partial charge in [-0.1, -0.05) is 32.4 Å². The highest BCUT2D eigenvalue weighted by molar-refractivity contribution is 5.37. The quantitative estimate of drug-likeness (QED) is 0.657. The van der Waals surface area contributed by atoms with Gasteiger partial charge in [0.1, 0.15) is 0 Å². The van der Waals surface area contributed by atoms with Gasteiger partial charge in [0.2, 0.25) is 0 Å². The minimum atomic E-state index is 1.16. The predicted octanol–water partition coefficient (Wildman–Crippen LogP) is 3.82. The van der Waals surface area contributed by atoms with Crippen molar-refractivity contribution in [3.8, 4) is 0 Å². The number of aryl methyl sites for hydroxylation is 4. The van der Waals surface area contributed by atoms with Gasteiger partial charge in [-0.25, -0.2) is 0 Å². The molecule has 0 radical (unpaired) electrons. The first-order chi connectivity index (χ1) is 6.19. The second-order valence-corrected chi connectivity index (χ2v) is 3.81. The third-order valence-electron chi connectivity index (χ3n) is 2.69. The summed E-state index contributed by atoms with van der Waals surface area (Å²) in [5.41, 5.74) is 5.94. The molecule has 0 spiro atoms. The Balaban J connectivity index is 3.06. The summed E-state index contributed by atoms with van der Waals surface area (Å²) in [6.07, 6.45) is 3.62. The highest BCUT2D eigenvalue weighted by Crippen LogP contribution is 2.17. The van der Waals surface area contributed by atoms with Crippen LogP contribution in [0.4, 0.5) is 0 Å². The Morgan fingerprint density at radius 3 is 2.08 bits per heavy atom. The first-order valence-corrected chi connectivity index (χ1v) is 5.28. The fourth-order valence-electron chi connectivity index (χ4n) is 1.87. The van der Waals surface area contributed by atoms with Crippen LogP contribution >= 0.6 is 0 Å². The van der Waals surface area contributed by atoms with Crippen molar-refractivity contribution in [1.82, 2.24) is 0 Å². The van der Waals surface area contributed by atoms with Crippen molar-refractivity contribution >= 4 is 0 Å². The second kappa shape index (κ2) is 4.45. The molecule has 0 aliphatic heterocycles. The third-order valence-corrected chi connectivity index (χ3v) is 2.69. The van der Waals surface area contributed by atoms with E-state index in [1.165, 1.54) is 35.1 Å². The molecule has 0 heteroatoms. The number of benzene rings is 1. The molecular weight excluding hydrogens is 156 g/mol. The molecule has 0 saturated heterocycles. The van der Waals surface area contributed by atoms with Crippen LogP contribution in [0, 0.1) is 13.8 Å². The van der Waals surface area contributed by atoms with Crippen molar-refractivity contribution < 1.29 is 0 Å². The summed E-state index contributed by atoms with van der Waals surface area (Å²) in [5.74, 6) is 0. The smallest absolute Gasteiger partial charge is 0.0279 e. The fraction of sp³-hybridized carbons (Fsp3) is 0.538. The largest absolute Gasteiger partial charge is 0.0651 e. The van der Waals surface area contributed by atoms with E-state index in [0.29, 0.717) is 0 Å². The van der Waals surface area contributed by atoms with Gasteiger partial charge in [0.05, 0.1) is 0 Å². The Bertz CT molecular complexity index is 284. The maximum absolute atomic E-state index is 2.38. The van der Waals surface area contributed by atoms with Crippen LogP contribution in [0.15, 0.2) is 12.1 Å². The summed E-state index contributed by atoms with van der Waals surface area (Å²) in [5, 5.41) is 0. The van der Waals surface area contributed by atoms with Gasteiger partial charge in [-0.15, -0.1) is 0 Å². The monoisotopic (exact) mass is 176 g/mol.